The predicted molar refractivity (Wildman–Crippen MR) is 91.8 cm³/mol. The SMILES string of the molecule is CC1CCN(CC(O)CNC(=O)NC2CCCc3occc32)CC1. The summed E-state index contributed by atoms with van der Waals surface area (Å²) in [7, 11) is 0. The summed E-state index contributed by atoms with van der Waals surface area (Å²) in [6.07, 6.45) is 6.42. The number of hydrogen-bond donors (Lipinski definition) is 3. The molecule has 1 saturated heterocycles. The summed E-state index contributed by atoms with van der Waals surface area (Å²) in [5, 5.41) is 15.9. The monoisotopic (exact) mass is 335 g/mol. The largest absolute Gasteiger partial charge is 0.469 e. The Labute approximate surface area is 143 Å². The summed E-state index contributed by atoms with van der Waals surface area (Å²) in [4.78, 5) is 14.4. The quantitative estimate of drug-likeness (QED) is 0.770. The highest BCUT2D eigenvalue weighted by Crippen LogP contribution is 2.30. The van der Waals surface area contributed by atoms with Gasteiger partial charge in [0.25, 0.3) is 0 Å². The molecule has 2 atom stereocenters. The highest BCUT2D eigenvalue weighted by atomic mass is 16.3. The van der Waals surface area contributed by atoms with Crippen LogP contribution < -0.4 is 10.6 Å². The van der Waals surface area contributed by atoms with Crippen LogP contribution in [0.5, 0.6) is 0 Å². The number of aliphatic hydroxyl groups is 1. The van der Waals surface area contributed by atoms with E-state index < -0.39 is 6.10 Å². The summed E-state index contributed by atoms with van der Waals surface area (Å²) in [5.74, 6) is 1.76. The normalized spacial score (nSPS) is 23.5. The fraction of sp³-hybridized carbons (Fsp3) is 0.722. The summed E-state index contributed by atoms with van der Waals surface area (Å²) in [5.41, 5.74) is 1.08. The molecule has 1 aromatic heterocycles. The maximum absolute atomic E-state index is 12.1. The predicted octanol–water partition coefficient (Wildman–Crippen LogP) is 2.05. The molecule has 2 aliphatic rings. The minimum Gasteiger partial charge on any atom is -0.469 e. The first-order valence-corrected chi connectivity index (χ1v) is 9.13. The number of hydrogen-bond acceptors (Lipinski definition) is 4. The van der Waals surface area contributed by atoms with E-state index >= 15 is 0 Å². The van der Waals surface area contributed by atoms with Crippen molar-refractivity contribution < 1.29 is 14.3 Å². The van der Waals surface area contributed by atoms with E-state index in [2.05, 4.69) is 22.5 Å². The van der Waals surface area contributed by atoms with E-state index in [9.17, 15) is 9.90 Å². The number of rotatable bonds is 5. The van der Waals surface area contributed by atoms with Crippen molar-refractivity contribution in [2.45, 2.75) is 51.2 Å². The fourth-order valence-corrected chi connectivity index (χ4v) is 3.66. The molecule has 1 aromatic rings. The van der Waals surface area contributed by atoms with Crippen molar-refractivity contribution in [1.82, 2.24) is 15.5 Å². The van der Waals surface area contributed by atoms with Crippen LogP contribution in [0.1, 0.15) is 50.0 Å². The number of furan rings is 1. The fourth-order valence-electron chi connectivity index (χ4n) is 3.66. The van der Waals surface area contributed by atoms with Crippen LogP contribution in [0.25, 0.3) is 0 Å². The lowest BCUT2D eigenvalue weighted by atomic mass is 9.93. The van der Waals surface area contributed by atoms with E-state index in [1.165, 1.54) is 12.8 Å². The number of piperidine rings is 1. The van der Waals surface area contributed by atoms with Crippen molar-refractivity contribution >= 4 is 6.03 Å². The second-order valence-electron chi connectivity index (χ2n) is 7.24. The Bertz CT molecular complexity index is 537. The average Bonchev–Trinajstić information content (AvgIpc) is 3.05. The maximum atomic E-state index is 12.1. The van der Waals surface area contributed by atoms with Crippen LogP contribution in [0, 0.1) is 5.92 Å². The standard InChI is InChI=1S/C18H29N3O3/c1-13-5-8-21(9-6-13)12-14(22)11-19-18(23)20-16-3-2-4-17-15(16)7-10-24-17/h7,10,13-14,16,22H,2-6,8-9,11-12H2,1H3,(H2,19,20,23). The van der Waals surface area contributed by atoms with E-state index in [1.54, 1.807) is 6.26 Å². The Hall–Kier alpha value is -1.53. The molecule has 134 valence electrons. The van der Waals surface area contributed by atoms with Gasteiger partial charge in [-0.1, -0.05) is 6.92 Å². The number of β-amino-alcohol motifs (C(OH)–C–C–N with tert-alkyl or cyclic N) is 1. The van der Waals surface area contributed by atoms with Crippen molar-refractivity contribution in [3.05, 3.63) is 23.7 Å². The van der Waals surface area contributed by atoms with Gasteiger partial charge in [-0.05, 0) is 50.8 Å². The molecule has 0 radical (unpaired) electrons. The summed E-state index contributed by atoms with van der Waals surface area (Å²) >= 11 is 0. The zero-order valence-corrected chi connectivity index (χ0v) is 14.5. The Kier molecular flexibility index (Phi) is 5.79. The van der Waals surface area contributed by atoms with Crippen LogP contribution >= 0.6 is 0 Å². The number of carbonyl (C=O) groups is 1. The van der Waals surface area contributed by atoms with Gasteiger partial charge in [0.1, 0.15) is 5.76 Å². The molecule has 24 heavy (non-hydrogen) atoms. The van der Waals surface area contributed by atoms with Crippen molar-refractivity contribution in [3.63, 3.8) is 0 Å². The molecule has 1 fully saturated rings. The molecule has 6 nitrogen and oxygen atoms in total. The molecule has 2 amide bonds. The van der Waals surface area contributed by atoms with Gasteiger partial charge in [-0.2, -0.15) is 0 Å². The van der Waals surface area contributed by atoms with Crippen LogP contribution in [-0.2, 0) is 6.42 Å². The van der Waals surface area contributed by atoms with E-state index in [0.29, 0.717) is 6.54 Å². The van der Waals surface area contributed by atoms with Crippen molar-refractivity contribution in [2.24, 2.45) is 5.92 Å². The Morgan fingerprint density at radius 1 is 1.42 bits per heavy atom. The first-order valence-electron chi connectivity index (χ1n) is 9.13. The third kappa shape index (κ3) is 4.51. The molecule has 0 bridgehead atoms. The summed E-state index contributed by atoms with van der Waals surface area (Å²) < 4.78 is 5.44. The lowest BCUT2D eigenvalue weighted by Gasteiger charge is -2.31. The minimum absolute atomic E-state index is 0.00762. The Morgan fingerprint density at radius 2 is 2.21 bits per heavy atom. The van der Waals surface area contributed by atoms with Gasteiger partial charge in [0.05, 0.1) is 18.4 Å². The summed E-state index contributed by atoms with van der Waals surface area (Å²) in [6.45, 7) is 5.26. The average molecular weight is 335 g/mol. The second kappa shape index (κ2) is 8.03. The van der Waals surface area contributed by atoms with E-state index in [0.717, 1.165) is 49.6 Å². The topological polar surface area (TPSA) is 77.7 Å². The second-order valence-corrected chi connectivity index (χ2v) is 7.24. The van der Waals surface area contributed by atoms with E-state index in [-0.39, 0.29) is 18.6 Å². The third-order valence-electron chi connectivity index (χ3n) is 5.20. The number of fused-ring (bicyclic) bond motifs is 1. The van der Waals surface area contributed by atoms with Gasteiger partial charge >= 0.3 is 6.03 Å². The first kappa shape index (κ1) is 17.3. The van der Waals surface area contributed by atoms with Crippen LogP contribution in [0.2, 0.25) is 0 Å². The minimum atomic E-state index is -0.528. The molecular formula is C18H29N3O3. The third-order valence-corrected chi connectivity index (χ3v) is 5.20. The highest BCUT2D eigenvalue weighted by Gasteiger charge is 2.24. The molecule has 0 aromatic carbocycles. The van der Waals surface area contributed by atoms with Gasteiger partial charge in [0.15, 0.2) is 0 Å². The molecule has 1 aliphatic carbocycles. The lowest BCUT2D eigenvalue weighted by Crippen LogP contribution is -2.46. The number of aryl methyl sites for hydroxylation is 1. The van der Waals surface area contributed by atoms with Gasteiger partial charge in [-0.3, -0.25) is 0 Å². The Balaban J connectivity index is 1.38. The lowest BCUT2D eigenvalue weighted by molar-refractivity contribution is 0.0919. The zero-order valence-electron chi connectivity index (χ0n) is 14.5. The smallest absolute Gasteiger partial charge is 0.315 e. The number of urea groups is 1. The number of carbonyl (C=O) groups excluding carboxylic acids is 1. The van der Waals surface area contributed by atoms with Crippen LogP contribution in [0.3, 0.4) is 0 Å². The van der Waals surface area contributed by atoms with Gasteiger partial charge in [-0.15, -0.1) is 0 Å². The van der Waals surface area contributed by atoms with Crippen LogP contribution in [0.15, 0.2) is 16.7 Å². The number of aliphatic hydroxyl groups excluding tert-OH is 1. The number of amides is 2. The van der Waals surface area contributed by atoms with Crippen molar-refractivity contribution in [3.8, 4) is 0 Å². The zero-order chi connectivity index (χ0) is 16.9. The molecule has 0 saturated carbocycles. The van der Waals surface area contributed by atoms with Gasteiger partial charge < -0.3 is 25.1 Å². The molecule has 2 heterocycles. The van der Waals surface area contributed by atoms with Crippen molar-refractivity contribution in [1.29, 1.82) is 0 Å². The van der Waals surface area contributed by atoms with E-state index in [1.807, 2.05) is 6.07 Å². The van der Waals surface area contributed by atoms with Gasteiger partial charge in [0.2, 0.25) is 0 Å². The molecule has 0 spiro atoms. The number of nitrogens with zero attached hydrogens (tertiary/aromatic N) is 1. The van der Waals surface area contributed by atoms with Crippen LogP contribution in [0.4, 0.5) is 4.79 Å². The molecular weight excluding hydrogens is 306 g/mol. The van der Waals surface area contributed by atoms with Crippen molar-refractivity contribution in [2.75, 3.05) is 26.2 Å². The van der Waals surface area contributed by atoms with Crippen LogP contribution in [-0.4, -0.2) is 48.3 Å². The molecule has 1 aliphatic heterocycles. The molecule has 6 heteroatoms. The summed E-state index contributed by atoms with van der Waals surface area (Å²) in [6, 6.07) is 1.72. The molecule has 3 rings (SSSR count). The van der Waals surface area contributed by atoms with Gasteiger partial charge in [-0.25, -0.2) is 4.79 Å². The van der Waals surface area contributed by atoms with E-state index in [4.69, 9.17) is 4.42 Å². The Morgan fingerprint density at radius 3 is 3.00 bits per heavy atom. The maximum Gasteiger partial charge on any atom is 0.315 e. The number of nitrogens with one attached hydrogen (secondary N) is 2. The first-order chi connectivity index (χ1) is 11.6. The van der Waals surface area contributed by atoms with Gasteiger partial charge in [0, 0.05) is 25.1 Å². The highest BCUT2D eigenvalue weighted by molar-refractivity contribution is 5.74. The number of likely N-dealkylation sites (tertiary alicyclic amines) is 1. The molecule has 2 unspecified atom stereocenters. The molecule has 3 N–H and O–H groups in total.